The summed E-state index contributed by atoms with van der Waals surface area (Å²) in [4.78, 5) is 21.4. The lowest BCUT2D eigenvalue weighted by molar-refractivity contribution is 0.0240. The number of nitrogens with one attached hydrogen (secondary N) is 1. The monoisotopic (exact) mass is 486 g/mol. The highest BCUT2D eigenvalue weighted by Gasteiger charge is 2.26. The molecule has 0 radical (unpaired) electrons. The molecule has 9 heteroatoms. The van der Waals surface area contributed by atoms with Crippen molar-refractivity contribution in [2.75, 3.05) is 36.4 Å². The number of anilines is 2. The van der Waals surface area contributed by atoms with Crippen LogP contribution in [0.5, 0.6) is 0 Å². The molecule has 1 N–H and O–H groups in total. The fraction of sp³-hybridized carbons (Fsp3) is 0.474. The van der Waals surface area contributed by atoms with Gasteiger partial charge in [0.15, 0.2) is 4.47 Å². The second kappa shape index (κ2) is 8.88. The van der Waals surface area contributed by atoms with Crippen molar-refractivity contribution in [3.8, 4) is 0 Å². The number of carbonyl (C=O) groups excluding carboxylic acids is 1. The number of piperazine rings is 1. The van der Waals surface area contributed by atoms with E-state index in [4.69, 9.17) is 16.3 Å². The van der Waals surface area contributed by atoms with Gasteiger partial charge in [0.25, 0.3) is 0 Å². The molecule has 3 rings (SSSR count). The van der Waals surface area contributed by atoms with Gasteiger partial charge in [-0.1, -0.05) is 11.6 Å². The maximum absolute atomic E-state index is 12.2. The van der Waals surface area contributed by atoms with Gasteiger partial charge in [-0.05, 0) is 54.9 Å². The van der Waals surface area contributed by atoms with Crippen LogP contribution < -0.4 is 10.2 Å². The average molecular weight is 488 g/mol. The van der Waals surface area contributed by atoms with Crippen molar-refractivity contribution >= 4 is 56.3 Å². The Morgan fingerprint density at radius 3 is 2.61 bits per heavy atom. The first-order chi connectivity index (χ1) is 13.2. The number of amides is 1. The minimum Gasteiger partial charge on any atom is -0.444 e. The maximum Gasteiger partial charge on any atom is 0.410 e. The van der Waals surface area contributed by atoms with Gasteiger partial charge in [0.2, 0.25) is 0 Å². The van der Waals surface area contributed by atoms with Crippen LogP contribution >= 0.6 is 38.9 Å². The third-order valence-electron chi connectivity index (χ3n) is 4.21. The van der Waals surface area contributed by atoms with E-state index in [1.807, 2.05) is 20.8 Å². The number of aromatic nitrogens is 1. The number of nitrogens with zero attached hydrogens (tertiary/aromatic N) is 3. The maximum atomic E-state index is 12.2. The highest BCUT2D eigenvalue weighted by molar-refractivity contribution is 9.10. The molecule has 0 unspecified atom stereocenters. The molecule has 1 aliphatic heterocycles. The molecule has 0 aliphatic carbocycles. The summed E-state index contributed by atoms with van der Waals surface area (Å²) in [5.41, 5.74) is 1.67. The van der Waals surface area contributed by atoms with Gasteiger partial charge in [-0.15, -0.1) is 11.3 Å². The molecule has 2 heterocycles. The molecule has 28 heavy (non-hydrogen) atoms. The van der Waals surface area contributed by atoms with Gasteiger partial charge in [0, 0.05) is 47.4 Å². The zero-order chi connectivity index (χ0) is 20.3. The zero-order valence-corrected chi connectivity index (χ0v) is 19.3. The molecule has 1 aromatic heterocycles. The summed E-state index contributed by atoms with van der Waals surface area (Å²) < 4.78 is 7.04. The van der Waals surface area contributed by atoms with Crippen LogP contribution in [0.25, 0.3) is 0 Å². The predicted octanol–water partition coefficient (Wildman–Crippen LogP) is 5.23. The summed E-state index contributed by atoms with van der Waals surface area (Å²) in [6.45, 7) is 9.17. The molecular formula is C19H24BrClN4O2S. The lowest BCUT2D eigenvalue weighted by Gasteiger charge is -2.37. The molecule has 0 saturated carbocycles. The molecule has 0 bridgehead atoms. The van der Waals surface area contributed by atoms with E-state index >= 15 is 0 Å². The second-order valence-corrected chi connectivity index (χ2v) is 10.1. The fourth-order valence-corrected chi connectivity index (χ4v) is 4.43. The van der Waals surface area contributed by atoms with Gasteiger partial charge in [-0.3, -0.25) is 0 Å². The minimum atomic E-state index is -0.468. The van der Waals surface area contributed by atoms with Gasteiger partial charge in [0.05, 0.1) is 12.2 Å². The van der Waals surface area contributed by atoms with Crippen molar-refractivity contribution < 1.29 is 9.53 Å². The average Bonchev–Trinajstić information content (AvgIpc) is 3.04. The number of rotatable bonds is 4. The van der Waals surface area contributed by atoms with Crippen LogP contribution in [-0.2, 0) is 11.3 Å². The normalized spacial score (nSPS) is 14.9. The molecular weight excluding hydrogens is 464 g/mol. The standard InChI is InChI=1S/C19H24BrClN4O2S/c1-19(2,3)27-18(26)25-8-6-24(7-9-25)16-5-4-13(10-15(16)20)22-11-14-12-23-17(21)28-14/h4-5,10,12,22H,6-9,11H2,1-3H3. The molecule has 1 fully saturated rings. The van der Waals surface area contributed by atoms with Crippen molar-refractivity contribution in [3.63, 3.8) is 0 Å². The summed E-state index contributed by atoms with van der Waals surface area (Å²) in [7, 11) is 0. The number of hydrogen-bond acceptors (Lipinski definition) is 6. The summed E-state index contributed by atoms with van der Waals surface area (Å²) in [5, 5.41) is 3.38. The van der Waals surface area contributed by atoms with E-state index in [1.54, 1.807) is 11.1 Å². The van der Waals surface area contributed by atoms with E-state index in [0.717, 1.165) is 33.8 Å². The van der Waals surface area contributed by atoms with Crippen molar-refractivity contribution in [1.29, 1.82) is 0 Å². The van der Waals surface area contributed by atoms with Gasteiger partial charge >= 0.3 is 6.09 Å². The Bertz CT molecular complexity index is 832. The molecule has 1 amide bonds. The molecule has 0 atom stereocenters. The number of carbonyl (C=O) groups is 1. The Morgan fingerprint density at radius 2 is 2.04 bits per heavy atom. The van der Waals surface area contributed by atoms with Crippen LogP contribution in [0.4, 0.5) is 16.2 Å². The lowest BCUT2D eigenvalue weighted by atomic mass is 10.2. The fourth-order valence-electron chi connectivity index (χ4n) is 2.88. The number of hydrogen-bond donors (Lipinski definition) is 1. The first-order valence-corrected chi connectivity index (χ1v) is 11.1. The van der Waals surface area contributed by atoms with E-state index < -0.39 is 5.60 Å². The Kier molecular flexibility index (Phi) is 6.73. The van der Waals surface area contributed by atoms with Crippen LogP contribution in [0.1, 0.15) is 25.6 Å². The molecule has 1 aliphatic rings. The van der Waals surface area contributed by atoms with Crippen molar-refractivity contribution in [2.24, 2.45) is 0 Å². The number of halogens is 2. The van der Waals surface area contributed by atoms with Crippen LogP contribution in [0.2, 0.25) is 4.47 Å². The first kappa shape index (κ1) is 21.2. The molecule has 6 nitrogen and oxygen atoms in total. The van der Waals surface area contributed by atoms with Crippen molar-refractivity contribution in [3.05, 3.63) is 38.2 Å². The van der Waals surface area contributed by atoms with Crippen LogP contribution in [0.15, 0.2) is 28.9 Å². The molecule has 1 aromatic carbocycles. The SMILES string of the molecule is CC(C)(C)OC(=O)N1CCN(c2ccc(NCc3cnc(Cl)s3)cc2Br)CC1. The highest BCUT2D eigenvalue weighted by atomic mass is 79.9. The van der Waals surface area contributed by atoms with Gasteiger partial charge in [-0.2, -0.15) is 0 Å². The minimum absolute atomic E-state index is 0.242. The van der Waals surface area contributed by atoms with E-state index in [9.17, 15) is 4.79 Å². The van der Waals surface area contributed by atoms with Gasteiger partial charge < -0.3 is 19.9 Å². The Labute approximate surface area is 183 Å². The quantitative estimate of drug-likeness (QED) is 0.640. The third kappa shape index (κ3) is 5.75. The van der Waals surface area contributed by atoms with E-state index in [0.29, 0.717) is 24.1 Å². The van der Waals surface area contributed by atoms with Crippen LogP contribution in [0.3, 0.4) is 0 Å². The van der Waals surface area contributed by atoms with Crippen LogP contribution in [0, 0.1) is 0 Å². The van der Waals surface area contributed by atoms with E-state index in [1.165, 1.54) is 11.3 Å². The van der Waals surface area contributed by atoms with Gasteiger partial charge in [-0.25, -0.2) is 9.78 Å². The number of thiazole rings is 1. The van der Waals surface area contributed by atoms with Crippen LogP contribution in [-0.4, -0.2) is 47.8 Å². The lowest BCUT2D eigenvalue weighted by Crippen LogP contribution is -2.50. The highest BCUT2D eigenvalue weighted by Crippen LogP contribution is 2.30. The second-order valence-electron chi connectivity index (χ2n) is 7.55. The Balaban J connectivity index is 1.55. The molecule has 2 aromatic rings. The summed E-state index contributed by atoms with van der Waals surface area (Å²) in [5.74, 6) is 0. The molecule has 1 saturated heterocycles. The summed E-state index contributed by atoms with van der Waals surface area (Å²) >= 11 is 11.0. The van der Waals surface area contributed by atoms with Crippen molar-refractivity contribution in [2.45, 2.75) is 32.9 Å². The Hall–Kier alpha value is -1.51. The number of benzene rings is 1. The topological polar surface area (TPSA) is 57.7 Å². The first-order valence-electron chi connectivity index (χ1n) is 9.08. The van der Waals surface area contributed by atoms with E-state index in [2.05, 4.69) is 49.3 Å². The number of ether oxygens (including phenoxy) is 1. The van der Waals surface area contributed by atoms with Gasteiger partial charge in [0.1, 0.15) is 5.60 Å². The van der Waals surface area contributed by atoms with E-state index in [-0.39, 0.29) is 6.09 Å². The molecule has 152 valence electrons. The predicted molar refractivity (Wildman–Crippen MR) is 119 cm³/mol. The van der Waals surface area contributed by atoms with Crippen molar-refractivity contribution in [1.82, 2.24) is 9.88 Å². The smallest absolute Gasteiger partial charge is 0.410 e. The zero-order valence-electron chi connectivity index (χ0n) is 16.2. The summed E-state index contributed by atoms with van der Waals surface area (Å²) in [6.07, 6.45) is 1.54. The largest absolute Gasteiger partial charge is 0.444 e. The third-order valence-corrected chi connectivity index (χ3v) is 5.96. The molecule has 0 spiro atoms. The Morgan fingerprint density at radius 1 is 1.32 bits per heavy atom. The summed E-state index contributed by atoms with van der Waals surface area (Å²) in [6, 6.07) is 6.22.